The number of nitro groups is 1. The molecule has 0 bridgehead atoms. The molecule has 23 heavy (non-hydrogen) atoms. The molecule has 0 amide bonds. The second-order valence-corrected chi connectivity index (χ2v) is 6.22. The molecule has 1 heterocycles. The fraction of sp³-hybridized carbons (Fsp3) is 0.267. The number of carbonyl (C=O) groups is 2. The smallest absolute Gasteiger partial charge is 0.281 e. The van der Waals surface area contributed by atoms with Gasteiger partial charge in [-0.05, 0) is 6.07 Å². The van der Waals surface area contributed by atoms with E-state index in [1.165, 1.54) is 0 Å². The summed E-state index contributed by atoms with van der Waals surface area (Å²) in [7, 11) is 0. The van der Waals surface area contributed by atoms with Crippen molar-refractivity contribution >= 4 is 17.3 Å². The summed E-state index contributed by atoms with van der Waals surface area (Å²) in [5.41, 5.74) is -1.89. The van der Waals surface area contributed by atoms with Gasteiger partial charge in [0.2, 0.25) is 11.7 Å². The maximum absolute atomic E-state index is 12.2. The minimum absolute atomic E-state index is 0.155. The Hall–Kier alpha value is -3.03. The molecule has 3 rings (SSSR count). The van der Waals surface area contributed by atoms with Crippen LogP contribution < -0.4 is 0 Å². The number of fused-ring (bicyclic) bond motifs is 3. The van der Waals surface area contributed by atoms with Crippen LogP contribution in [0.4, 0.5) is 5.69 Å². The first-order valence-electron chi connectivity index (χ1n) is 6.74. The van der Waals surface area contributed by atoms with Gasteiger partial charge in [-0.2, -0.15) is 0 Å². The molecule has 0 spiro atoms. The number of nitrogens with zero attached hydrogens (tertiary/aromatic N) is 2. The Kier molecular flexibility index (Phi) is 2.90. The van der Waals surface area contributed by atoms with Gasteiger partial charge >= 0.3 is 0 Å². The number of aromatic nitrogens is 1. The van der Waals surface area contributed by atoms with E-state index in [1.54, 1.807) is 20.8 Å². The molecule has 1 aliphatic rings. The lowest BCUT2D eigenvalue weighted by Gasteiger charge is -2.13. The van der Waals surface area contributed by atoms with Crippen molar-refractivity contribution in [2.24, 2.45) is 0 Å². The highest BCUT2D eigenvalue weighted by Gasteiger charge is 2.42. The zero-order valence-corrected chi connectivity index (χ0v) is 12.5. The molecule has 1 aromatic carbocycles. The van der Waals surface area contributed by atoms with Gasteiger partial charge in [-0.25, -0.2) is 4.98 Å². The van der Waals surface area contributed by atoms with Crippen LogP contribution in [0.25, 0.3) is 11.3 Å². The van der Waals surface area contributed by atoms with Gasteiger partial charge < -0.3 is 9.52 Å². The molecule has 8 heteroatoms. The standard InChI is InChI=1S/C15H12N2O6/c1-15(2,3)14-16-10-12(20)11(19)9-7(18)5-4-6(17(21)22)8(9)13(10)23-14/h4-5,18H,1-3H3. The lowest BCUT2D eigenvalue weighted by atomic mass is 9.89. The molecule has 8 nitrogen and oxygen atoms in total. The Labute approximate surface area is 129 Å². The summed E-state index contributed by atoms with van der Waals surface area (Å²) in [5.74, 6) is -2.49. The number of hydrogen-bond acceptors (Lipinski definition) is 7. The number of phenols is 1. The molecule has 1 aliphatic carbocycles. The first-order valence-corrected chi connectivity index (χ1v) is 6.74. The van der Waals surface area contributed by atoms with Gasteiger partial charge in [0.1, 0.15) is 11.3 Å². The molecular weight excluding hydrogens is 304 g/mol. The zero-order valence-electron chi connectivity index (χ0n) is 12.5. The highest BCUT2D eigenvalue weighted by atomic mass is 16.6. The first-order chi connectivity index (χ1) is 10.6. The summed E-state index contributed by atoms with van der Waals surface area (Å²) >= 11 is 0. The highest BCUT2D eigenvalue weighted by molar-refractivity contribution is 6.53. The number of ketones is 2. The van der Waals surface area contributed by atoms with Gasteiger partial charge in [0.05, 0.1) is 10.5 Å². The topological polar surface area (TPSA) is 124 Å². The fourth-order valence-electron chi connectivity index (χ4n) is 2.38. The number of benzene rings is 1. The molecule has 1 N–H and O–H groups in total. The lowest BCUT2D eigenvalue weighted by Crippen LogP contribution is -2.22. The number of nitro benzene ring substituents is 1. The monoisotopic (exact) mass is 316 g/mol. The van der Waals surface area contributed by atoms with Crippen LogP contribution in [-0.2, 0) is 5.41 Å². The molecule has 0 saturated heterocycles. The predicted molar refractivity (Wildman–Crippen MR) is 77.6 cm³/mol. The van der Waals surface area contributed by atoms with Gasteiger partial charge in [0.15, 0.2) is 11.5 Å². The van der Waals surface area contributed by atoms with Crippen molar-refractivity contribution in [3.05, 3.63) is 39.4 Å². The van der Waals surface area contributed by atoms with Crippen molar-refractivity contribution < 1.29 is 24.0 Å². The third-order valence-electron chi connectivity index (χ3n) is 3.50. The van der Waals surface area contributed by atoms with Crippen molar-refractivity contribution in [1.82, 2.24) is 4.98 Å². The first kappa shape index (κ1) is 14.9. The molecule has 0 radical (unpaired) electrons. The van der Waals surface area contributed by atoms with Gasteiger partial charge in [-0.1, -0.05) is 20.8 Å². The van der Waals surface area contributed by atoms with Gasteiger partial charge in [-0.3, -0.25) is 19.7 Å². The molecule has 2 aromatic rings. The number of rotatable bonds is 1. The Morgan fingerprint density at radius 1 is 1.17 bits per heavy atom. The number of Topliss-reactive ketones (excluding diaryl/α,β-unsaturated/α-hetero) is 2. The number of oxazole rings is 1. The van der Waals surface area contributed by atoms with Crippen molar-refractivity contribution in [3.63, 3.8) is 0 Å². The van der Waals surface area contributed by atoms with Gasteiger partial charge in [0, 0.05) is 11.5 Å². The SMILES string of the molecule is CC(C)(C)c1nc2c(o1)-c1c([N+](=O)[O-])ccc(O)c1C(=O)C2=O. The third-order valence-corrected chi connectivity index (χ3v) is 3.50. The summed E-state index contributed by atoms with van der Waals surface area (Å²) in [4.78, 5) is 39.0. The predicted octanol–water partition coefficient (Wildman–Crippen LogP) is 2.63. The van der Waals surface area contributed by atoms with Crippen LogP contribution in [0.3, 0.4) is 0 Å². The van der Waals surface area contributed by atoms with E-state index in [-0.39, 0.29) is 22.9 Å². The highest BCUT2D eigenvalue weighted by Crippen LogP contribution is 2.44. The van der Waals surface area contributed by atoms with Gasteiger partial charge in [-0.15, -0.1) is 0 Å². The summed E-state index contributed by atoms with van der Waals surface area (Å²) in [5, 5.41) is 21.1. The largest absolute Gasteiger partial charge is 0.507 e. The molecule has 0 saturated carbocycles. The quantitative estimate of drug-likeness (QED) is 0.487. The second kappa shape index (κ2) is 4.48. The normalized spacial score (nSPS) is 13.7. The van der Waals surface area contributed by atoms with Gasteiger partial charge in [0.25, 0.3) is 11.5 Å². The molecule has 0 fully saturated rings. The number of hydrogen-bond donors (Lipinski definition) is 1. The second-order valence-electron chi connectivity index (χ2n) is 6.22. The van der Waals surface area contributed by atoms with E-state index in [0.29, 0.717) is 0 Å². The molecular formula is C15H12N2O6. The zero-order chi connectivity index (χ0) is 17.1. The van der Waals surface area contributed by atoms with Crippen LogP contribution in [0.5, 0.6) is 5.75 Å². The van der Waals surface area contributed by atoms with E-state index in [4.69, 9.17) is 4.42 Å². The number of aromatic hydroxyl groups is 1. The Bertz CT molecular complexity index is 888. The van der Waals surface area contributed by atoms with Crippen molar-refractivity contribution in [1.29, 1.82) is 0 Å². The Morgan fingerprint density at radius 3 is 2.39 bits per heavy atom. The molecule has 118 valence electrons. The van der Waals surface area contributed by atoms with E-state index < -0.39 is 38.9 Å². The van der Waals surface area contributed by atoms with Crippen molar-refractivity contribution in [2.75, 3.05) is 0 Å². The van der Waals surface area contributed by atoms with Crippen LogP contribution in [0.15, 0.2) is 16.5 Å². The third kappa shape index (κ3) is 2.02. The number of carbonyl (C=O) groups excluding carboxylic acids is 2. The van der Waals surface area contributed by atoms with E-state index in [1.807, 2.05) is 0 Å². The van der Waals surface area contributed by atoms with Crippen LogP contribution in [0, 0.1) is 10.1 Å². The maximum atomic E-state index is 12.2. The lowest BCUT2D eigenvalue weighted by molar-refractivity contribution is -0.384. The maximum Gasteiger partial charge on any atom is 0.281 e. The molecule has 0 aliphatic heterocycles. The van der Waals surface area contributed by atoms with Crippen LogP contribution in [-0.4, -0.2) is 26.6 Å². The van der Waals surface area contributed by atoms with Crippen LogP contribution in [0.1, 0.15) is 47.5 Å². The van der Waals surface area contributed by atoms with E-state index in [9.17, 15) is 24.8 Å². The van der Waals surface area contributed by atoms with E-state index in [0.717, 1.165) is 12.1 Å². The Morgan fingerprint density at radius 2 is 1.83 bits per heavy atom. The van der Waals surface area contributed by atoms with Crippen molar-refractivity contribution in [2.45, 2.75) is 26.2 Å². The average molecular weight is 316 g/mol. The van der Waals surface area contributed by atoms with Crippen LogP contribution in [0.2, 0.25) is 0 Å². The molecule has 1 aromatic heterocycles. The molecule has 0 unspecified atom stereocenters. The fourth-order valence-corrected chi connectivity index (χ4v) is 2.38. The minimum Gasteiger partial charge on any atom is -0.507 e. The Balaban J connectivity index is 2.43. The van der Waals surface area contributed by atoms with Crippen molar-refractivity contribution in [3.8, 4) is 17.1 Å². The summed E-state index contributed by atoms with van der Waals surface area (Å²) in [6.07, 6.45) is 0. The average Bonchev–Trinajstić information content (AvgIpc) is 2.89. The summed E-state index contributed by atoms with van der Waals surface area (Å²) in [6.45, 7) is 5.36. The van der Waals surface area contributed by atoms with E-state index >= 15 is 0 Å². The molecule has 0 atom stereocenters. The summed E-state index contributed by atoms with van der Waals surface area (Å²) in [6, 6.07) is 2.06. The van der Waals surface area contributed by atoms with E-state index in [2.05, 4.69) is 4.98 Å². The minimum atomic E-state index is -1.04. The van der Waals surface area contributed by atoms with Crippen LogP contribution >= 0.6 is 0 Å². The number of phenolic OH excluding ortho intramolecular Hbond substituents is 1. The summed E-state index contributed by atoms with van der Waals surface area (Å²) < 4.78 is 5.56.